The summed E-state index contributed by atoms with van der Waals surface area (Å²) >= 11 is 0. The number of hydrogen-bond acceptors (Lipinski definition) is 4. The molecule has 0 heterocycles. The number of benzene rings is 1. The first-order valence-corrected chi connectivity index (χ1v) is 5.66. The van der Waals surface area contributed by atoms with Gasteiger partial charge in [0.2, 0.25) is 0 Å². The quantitative estimate of drug-likeness (QED) is 0.370. The third kappa shape index (κ3) is 6.42. The van der Waals surface area contributed by atoms with Crippen molar-refractivity contribution in [3.05, 3.63) is 29.8 Å². The van der Waals surface area contributed by atoms with E-state index < -0.39 is 17.5 Å². The molecular formula is C13H20O5. The van der Waals surface area contributed by atoms with Crippen LogP contribution in [0.3, 0.4) is 0 Å². The molecular weight excluding hydrogens is 236 g/mol. The van der Waals surface area contributed by atoms with Crippen LogP contribution in [0.1, 0.15) is 33.3 Å². The van der Waals surface area contributed by atoms with Crippen LogP contribution in [-0.2, 0) is 4.79 Å². The molecule has 0 fully saturated rings. The first-order chi connectivity index (χ1) is 8.50. The summed E-state index contributed by atoms with van der Waals surface area (Å²) in [6.45, 7) is 8.00. The molecule has 4 N–H and O–H groups in total. The number of hydrogen-bond donors (Lipinski definition) is 4. The Bertz CT molecular complexity index is 396. The Morgan fingerprint density at radius 1 is 1.00 bits per heavy atom. The predicted octanol–water partition coefficient (Wildman–Crippen LogP) is 3.13. The number of aliphatic hydroxyl groups excluding tert-OH is 1. The van der Waals surface area contributed by atoms with Gasteiger partial charge in [-0.1, -0.05) is 27.7 Å². The van der Waals surface area contributed by atoms with E-state index in [4.69, 9.17) is 15.3 Å². The summed E-state index contributed by atoms with van der Waals surface area (Å²) in [5.41, 5.74) is 0.114. The standard InChI is InChI=1S/C9H8O5.2C2H6/c10-6-2-1-5(3-8(6)12)7(11)4-9(13)14;2*1-2/h1-4,10-12H,(H,13,14);2*1-2H3/b7-4-;;. The number of rotatable bonds is 2. The van der Waals surface area contributed by atoms with Crippen molar-refractivity contribution in [3.63, 3.8) is 0 Å². The van der Waals surface area contributed by atoms with Crippen LogP contribution in [-0.4, -0.2) is 26.4 Å². The van der Waals surface area contributed by atoms with Crippen molar-refractivity contribution in [3.8, 4) is 11.5 Å². The summed E-state index contributed by atoms with van der Waals surface area (Å²) in [5, 5.41) is 35.5. The topological polar surface area (TPSA) is 98.0 Å². The van der Waals surface area contributed by atoms with Gasteiger partial charge in [-0.05, 0) is 18.2 Å². The van der Waals surface area contributed by atoms with E-state index in [2.05, 4.69) is 0 Å². The number of phenols is 2. The second-order valence-corrected chi connectivity index (χ2v) is 2.57. The van der Waals surface area contributed by atoms with Crippen LogP contribution in [0.2, 0.25) is 0 Å². The first kappa shape index (κ1) is 18.2. The number of aliphatic carboxylic acids is 1. The molecule has 0 spiro atoms. The summed E-state index contributed by atoms with van der Waals surface area (Å²) in [6.07, 6.45) is 0.589. The maximum atomic E-state index is 10.2. The van der Waals surface area contributed by atoms with Crippen LogP contribution < -0.4 is 0 Å². The number of carboxylic acid groups (broad SMARTS) is 1. The van der Waals surface area contributed by atoms with Gasteiger partial charge in [-0.3, -0.25) is 0 Å². The molecule has 0 amide bonds. The molecule has 0 saturated heterocycles. The SMILES string of the molecule is CC.CC.O=C(O)/C=C(\O)c1ccc(O)c(O)c1. The Hall–Kier alpha value is -2.17. The molecule has 0 atom stereocenters. The molecule has 102 valence electrons. The fourth-order valence-electron chi connectivity index (χ4n) is 0.883. The van der Waals surface area contributed by atoms with Gasteiger partial charge in [0.25, 0.3) is 0 Å². The van der Waals surface area contributed by atoms with Gasteiger partial charge in [0.1, 0.15) is 5.76 Å². The number of aromatic hydroxyl groups is 2. The van der Waals surface area contributed by atoms with E-state index >= 15 is 0 Å². The van der Waals surface area contributed by atoms with Crippen molar-refractivity contribution in [2.24, 2.45) is 0 Å². The Labute approximate surface area is 107 Å². The van der Waals surface area contributed by atoms with Crippen molar-refractivity contribution in [2.75, 3.05) is 0 Å². The lowest BCUT2D eigenvalue weighted by atomic mass is 10.1. The van der Waals surface area contributed by atoms with Crippen molar-refractivity contribution in [2.45, 2.75) is 27.7 Å². The molecule has 0 aliphatic rings. The minimum atomic E-state index is -1.30. The van der Waals surface area contributed by atoms with Gasteiger partial charge < -0.3 is 20.4 Å². The van der Waals surface area contributed by atoms with Gasteiger partial charge in [0, 0.05) is 5.56 Å². The maximum absolute atomic E-state index is 10.2. The lowest BCUT2D eigenvalue weighted by Crippen LogP contribution is -1.91. The lowest BCUT2D eigenvalue weighted by molar-refractivity contribution is -0.131. The van der Waals surface area contributed by atoms with Gasteiger partial charge in [-0.15, -0.1) is 0 Å². The summed E-state index contributed by atoms with van der Waals surface area (Å²) in [6, 6.07) is 3.49. The molecule has 0 radical (unpaired) electrons. The first-order valence-electron chi connectivity index (χ1n) is 5.66. The fraction of sp³-hybridized carbons (Fsp3) is 0.308. The van der Waals surface area contributed by atoms with E-state index in [0.717, 1.165) is 12.1 Å². The number of phenolic OH excluding ortho intramolecular Hbond substituents is 2. The highest BCUT2D eigenvalue weighted by Gasteiger charge is 2.05. The highest BCUT2D eigenvalue weighted by molar-refractivity contribution is 5.88. The van der Waals surface area contributed by atoms with Crippen LogP contribution in [0.15, 0.2) is 24.3 Å². The van der Waals surface area contributed by atoms with E-state index in [-0.39, 0.29) is 11.3 Å². The Morgan fingerprint density at radius 2 is 1.50 bits per heavy atom. The lowest BCUT2D eigenvalue weighted by Gasteiger charge is -2.01. The van der Waals surface area contributed by atoms with Crippen molar-refractivity contribution in [1.82, 2.24) is 0 Å². The molecule has 1 aromatic rings. The second kappa shape index (κ2) is 10.0. The van der Waals surface area contributed by atoms with E-state index in [1.165, 1.54) is 6.07 Å². The summed E-state index contributed by atoms with van der Waals surface area (Å²) in [4.78, 5) is 10.2. The zero-order valence-corrected chi connectivity index (χ0v) is 11.0. The van der Waals surface area contributed by atoms with Crippen LogP contribution >= 0.6 is 0 Å². The zero-order valence-electron chi connectivity index (χ0n) is 11.0. The molecule has 0 saturated carbocycles. The van der Waals surface area contributed by atoms with Gasteiger partial charge in [-0.25, -0.2) is 4.79 Å². The Morgan fingerprint density at radius 3 is 1.89 bits per heavy atom. The average molecular weight is 256 g/mol. The van der Waals surface area contributed by atoms with E-state index in [1.807, 2.05) is 27.7 Å². The molecule has 1 rings (SSSR count). The summed E-state index contributed by atoms with van der Waals surface area (Å²) in [5.74, 6) is -2.55. The Kier molecular flexibility index (Phi) is 10.1. The van der Waals surface area contributed by atoms with Crippen molar-refractivity contribution in [1.29, 1.82) is 0 Å². The molecule has 0 aliphatic heterocycles. The maximum Gasteiger partial charge on any atom is 0.332 e. The van der Waals surface area contributed by atoms with Gasteiger partial charge in [0.15, 0.2) is 11.5 Å². The van der Waals surface area contributed by atoms with Gasteiger partial charge >= 0.3 is 5.97 Å². The van der Waals surface area contributed by atoms with Crippen LogP contribution in [0, 0.1) is 0 Å². The highest BCUT2D eigenvalue weighted by Crippen LogP contribution is 2.27. The smallest absolute Gasteiger partial charge is 0.332 e. The minimum Gasteiger partial charge on any atom is -0.507 e. The van der Waals surface area contributed by atoms with E-state index in [9.17, 15) is 9.90 Å². The van der Waals surface area contributed by atoms with E-state index in [0.29, 0.717) is 6.08 Å². The molecule has 0 bridgehead atoms. The molecule has 0 aromatic heterocycles. The van der Waals surface area contributed by atoms with Crippen LogP contribution in [0.5, 0.6) is 11.5 Å². The summed E-state index contributed by atoms with van der Waals surface area (Å²) < 4.78 is 0. The normalized spacial score (nSPS) is 9.44. The molecule has 0 aliphatic carbocycles. The number of carbonyl (C=O) groups is 1. The molecule has 5 nitrogen and oxygen atoms in total. The average Bonchev–Trinajstić information content (AvgIpc) is 2.36. The van der Waals surface area contributed by atoms with Crippen LogP contribution in [0.4, 0.5) is 0 Å². The molecule has 0 unspecified atom stereocenters. The number of carboxylic acids is 1. The zero-order chi connectivity index (χ0) is 14.7. The van der Waals surface area contributed by atoms with Crippen molar-refractivity contribution < 1.29 is 25.2 Å². The highest BCUT2D eigenvalue weighted by atomic mass is 16.4. The Balaban J connectivity index is 0. The summed E-state index contributed by atoms with van der Waals surface area (Å²) in [7, 11) is 0. The fourth-order valence-corrected chi connectivity index (χ4v) is 0.883. The molecule has 5 heteroatoms. The van der Waals surface area contributed by atoms with Crippen LogP contribution in [0.25, 0.3) is 5.76 Å². The molecule has 18 heavy (non-hydrogen) atoms. The third-order valence-electron chi connectivity index (χ3n) is 1.53. The predicted molar refractivity (Wildman–Crippen MR) is 70.7 cm³/mol. The van der Waals surface area contributed by atoms with Gasteiger partial charge in [0.05, 0.1) is 6.08 Å². The van der Waals surface area contributed by atoms with Gasteiger partial charge in [-0.2, -0.15) is 0 Å². The second-order valence-electron chi connectivity index (χ2n) is 2.57. The largest absolute Gasteiger partial charge is 0.507 e. The molecule has 1 aromatic carbocycles. The number of aliphatic hydroxyl groups is 1. The van der Waals surface area contributed by atoms with Crippen molar-refractivity contribution >= 4 is 11.7 Å². The monoisotopic (exact) mass is 256 g/mol. The minimum absolute atomic E-state index is 0.114. The van der Waals surface area contributed by atoms with E-state index in [1.54, 1.807) is 0 Å². The third-order valence-corrected chi connectivity index (χ3v) is 1.53.